The van der Waals surface area contributed by atoms with Crippen LogP contribution in [0.4, 0.5) is 4.39 Å². The summed E-state index contributed by atoms with van der Waals surface area (Å²) in [7, 11) is 0. The molecule has 26 heavy (non-hydrogen) atoms. The summed E-state index contributed by atoms with van der Waals surface area (Å²) in [6.45, 7) is 3.54. The minimum Gasteiger partial charge on any atom is -0.325 e. The topological polar surface area (TPSA) is 51.0 Å². The fourth-order valence-corrected chi connectivity index (χ4v) is 5.41. The normalized spacial score (nSPS) is 19.9. The predicted octanol–water partition coefficient (Wildman–Crippen LogP) is 3.68. The number of nitrogens with zero attached hydrogens (tertiary/aromatic N) is 4. The maximum atomic E-state index is 14.1. The highest BCUT2D eigenvalue weighted by atomic mass is 32.2. The van der Waals surface area contributed by atoms with E-state index in [-0.39, 0.29) is 17.1 Å². The molecule has 5 nitrogen and oxygen atoms in total. The van der Waals surface area contributed by atoms with Crippen molar-refractivity contribution >= 4 is 29.4 Å². The maximum Gasteiger partial charge on any atom is 0.234 e. The lowest BCUT2D eigenvalue weighted by molar-refractivity contribution is -0.128. The van der Waals surface area contributed by atoms with Gasteiger partial charge in [0.1, 0.15) is 17.0 Å². The summed E-state index contributed by atoms with van der Waals surface area (Å²) in [6, 6.07) is 6.71. The van der Waals surface area contributed by atoms with E-state index >= 15 is 0 Å². The van der Waals surface area contributed by atoms with E-state index in [1.54, 1.807) is 28.8 Å². The number of rotatable bonds is 6. The molecule has 2 aromatic rings. The van der Waals surface area contributed by atoms with Crippen molar-refractivity contribution in [2.75, 3.05) is 18.1 Å². The molecule has 1 unspecified atom stereocenters. The van der Waals surface area contributed by atoms with E-state index < -0.39 is 0 Å². The standard InChI is InChI=1S/C18H21FN4OS2/c1-2-22-16(12-7-8-12)20-21-18(22)26-11-15(24)23-9-10-25-17(23)13-5-3-4-6-14(13)19/h3-6,12,17H,2,7-11H2,1H3. The highest BCUT2D eigenvalue weighted by molar-refractivity contribution is 8.00. The summed E-state index contributed by atoms with van der Waals surface area (Å²) < 4.78 is 16.2. The van der Waals surface area contributed by atoms with Gasteiger partial charge in [-0.3, -0.25) is 4.79 Å². The summed E-state index contributed by atoms with van der Waals surface area (Å²) in [4.78, 5) is 14.6. The van der Waals surface area contributed by atoms with Crippen molar-refractivity contribution < 1.29 is 9.18 Å². The quantitative estimate of drug-likeness (QED) is 0.702. The second-order valence-corrected chi connectivity index (χ2v) is 8.61. The Morgan fingerprint density at radius 3 is 2.88 bits per heavy atom. The van der Waals surface area contributed by atoms with Gasteiger partial charge in [0.2, 0.25) is 5.91 Å². The first kappa shape index (κ1) is 17.9. The van der Waals surface area contributed by atoms with Crippen molar-refractivity contribution in [2.24, 2.45) is 0 Å². The number of hydrogen-bond donors (Lipinski definition) is 0. The first-order valence-electron chi connectivity index (χ1n) is 8.90. The Hall–Kier alpha value is -1.54. The smallest absolute Gasteiger partial charge is 0.234 e. The van der Waals surface area contributed by atoms with Crippen LogP contribution in [-0.4, -0.2) is 43.6 Å². The monoisotopic (exact) mass is 392 g/mol. The molecule has 138 valence electrons. The molecule has 0 N–H and O–H groups in total. The molecule has 0 spiro atoms. The minimum atomic E-state index is -0.253. The fourth-order valence-electron chi connectivity index (χ4n) is 3.22. The number of halogens is 1. The molecule has 1 aromatic heterocycles. The molecule has 0 bridgehead atoms. The van der Waals surface area contributed by atoms with Gasteiger partial charge in [-0.15, -0.1) is 22.0 Å². The summed E-state index contributed by atoms with van der Waals surface area (Å²) in [5.41, 5.74) is 0.584. The van der Waals surface area contributed by atoms with Gasteiger partial charge >= 0.3 is 0 Å². The zero-order valence-electron chi connectivity index (χ0n) is 14.6. The van der Waals surface area contributed by atoms with Crippen LogP contribution in [0.15, 0.2) is 29.4 Å². The van der Waals surface area contributed by atoms with E-state index in [1.165, 1.54) is 30.7 Å². The van der Waals surface area contributed by atoms with Crippen LogP contribution in [0.25, 0.3) is 0 Å². The molecule has 0 radical (unpaired) electrons. The van der Waals surface area contributed by atoms with E-state index in [9.17, 15) is 9.18 Å². The molecule has 2 fully saturated rings. The number of amides is 1. The van der Waals surface area contributed by atoms with Crippen LogP contribution in [-0.2, 0) is 11.3 Å². The van der Waals surface area contributed by atoms with Crippen molar-refractivity contribution in [3.63, 3.8) is 0 Å². The summed E-state index contributed by atoms with van der Waals surface area (Å²) in [5, 5.41) is 9.15. The van der Waals surface area contributed by atoms with Gasteiger partial charge < -0.3 is 9.47 Å². The SMILES string of the molecule is CCn1c(SCC(=O)N2CCSC2c2ccccc2F)nnc1C1CC1. The molecule has 1 saturated carbocycles. The number of carbonyl (C=O) groups excluding carboxylic acids is 1. The second kappa shape index (κ2) is 7.60. The second-order valence-electron chi connectivity index (χ2n) is 6.48. The number of thioether (sulfide) groups is 2. The van der Waals surface area contributed by atoms with Gasteiger partial charge in [0.25, 0.3) is 0 Å². The van der Waals surface area contributed by atoms with Gasteiger partial charge in [-0.2, -0.15) is 0 Å². The zero-order chi connectivity index (χ0) is 18.1. The molecule has 2 heterocycles. The lowest BCUT2D eigenvalue weighted by Gasteiger charge is -2.24. The van der Waals surface area contributed by atoms with Crippen LogP contribution in [0.3, 0.4) is 0 Å². The lowest BCUT2D eigenvalue weighted by Crippen LogP contribution is -2.32. The molecule has 1 aliphatic heterocycles. The van der Waals surface area contributed by atoms with Crippen LogP contribution < -0.4 is 0 Å². The van der Waals surface area contributed by atoms with Crippen LogP contribution in [0.5, 0.6) is 0 Å². The van der Waals surface area contributed by atoms with E-state index in [1.807, 2.05) is 6.07 Å². The summed E-state index contributed by atoms with van der Waals surface area (Å²) in [6.07, 6.45) is 2.36. The molecule has 8 heteroatoms. The van der Waals surface area contributed by atoms with Gasteiger partial charge in [0, 0.05) is 30.3 Å². The van der Waals surface area contributed by atoms with Crippen LogP contribution in [0.1, 0.15) is 42.4 Å². The van der Waals surface area contributed by atoms with E-state index in [0.717, 1.165) is 23.3 Å². The molecule has 1 aliphatic carbocycles. The van der Waals surface area contributed by atoms with E-state index in [2.05, 4.69) is 21.7 Å². The molecule has 1 saturated heterocycles. The lowest BCUT2D eigenvalue weighted by atomic mass is 10.2. The van der Waals surface area contributed by atoms with Crippen molar-refractivity contribution in [3.05, 3.63) is 41.5 Å². The third-order valence-electron chi connectivity index (χ3n) is 4.71. The average molecular weight is 393 g/mol. The zero-order valence-corrected chi connectivity index (χ0v) is 16.2. The molecule has 2 aliphatic rings. The van der Waals surface area contributed by atoms with Crippen LogP contribution in [0, 0.1) is 5.82 Å². The van der Waals surface area contributed by atoms with Gasteiger partial charge in [-0.05, 0) is 25.8 Å². The van der Waals surface area contributed by atoms with Gasteiger partial charge in [0.05, 0.1) is 5.75 Å². The average Bonchev–Trinajstić information content (AvgIpc) is 3.23. The summed E-state index contributed by atoms with van der Waals surface area (Å²) >= 11 is 3.04. The molecular weight excluding hydrogens is 371 g/mol. The third-order valence-corrected chi connectivity index (χ3v) is 6.91. The number of carbonyl (C=O) groups is 1. The Morgan fingerprint density at radius 2 is 2.15 bits per heavy atom. The largest absolute Gasteiger partial charge is 0.325 e. The number of benzene rings is 1. The van der Waals surface area contributed by atoms with Crippen molar-refractivity contribution in [1.82, 2.24) is 19.7 Å². The Balaban J connectivity index is 1.44. The molecule has 4 rings (SSSR count). The fraction of sp³-hybridized carbons (Fsp3) is 0.500. The summed E-state index contributed by atoms with van der Waals surface area (Å²) in [5.74, 6) is 2.47. The molecule has 1 atom stereocenters. The predicted molar refractivity (Wildman–Crippen MR) is 102 cm³/mol. The number of hydrogen-bond acceptors (Lipinski definition) is 5. The van der Waals surface area contributed by atoms with Gasteiger partial charge in [-0.25, -0.2) is 4.39 Å². The highest BCUT2D eigenvalue weighted by Crippen LogP contribution is 2.41. The van der Waals surface area contributed by atoms with Crippen molar-refractivity contribution in [1.29, 1.82) is 0 Å². The van der Waals surface area contributed by atoms with Crippen LogP contribution in [0.2, 0.25) is 0 Å². The van der Waals surface area contributed by atoms with Gasteiger partial charge in [-0.1, -0.05) is 30.0 Å². The molecule has 1 aromatic carbocycles. The Morgan fingerprint density at radius 1 is 1.35 bits per heavy atom. The highest BCUT2D eigenvalue weighted by Gasteiger charge is 2.33. The molecule has 1 amide bonds. The Bertz CT molecular complexity index is 808. The van der Waals surface area contributed by atoms with E-state index in [0.29, 0.717) is 23.8 Å². The maximum absolute atomic E-state index is 14.1. The molecular formula is C18H21FN4OS2. The Labute approximate surface area is 160 Å². The number of aromatic nitrogens is 3. The first-order chi connectivity index (χ1) is 12.7. The van der Waals surface area contributed by atoms with E-state index in [4.69, 9.17) is 0 Å². The minimum absolute atomic E-state index is 0.0203. The third kappa shape index (κ3) is 3.49. The first-order valence-corrected chi connectivity index (χ1v) is 10.9. The Kier molecular flexibility index (Phi) is 5.22. The van der Waals surface area contributed by atoms with Crippen molar-refractivity contribution in [3.8, 4) is 0 Å². The van der Waals surface area contributed by atoms with Gasteiger partial charge in [0.15, 0.2) is 5.16 Å². The van der Waals surface area contributed by atoms with Crippen LogP contribution >= 0.6 is 23.5 Å². The van der Waals surface area contributed by atoms with Crippen molar-refractivity contribution in [2.45, 2.75) is 42.8 Å².